The van der Waals surface area contributed by atoms with Gasteiger partial charge in [0.15, 0.2) is 0 Å². The number of piperidine rings is 1. The zero-order chi connectivity index (χ0) is 19.2. The van der Waals surface area contributed by atoms with Crippen molar-refractivity contribution in [2.24, 2.45) is 5.41 Å². The van der Waals surface area contributed by atoms with Gasteiger partial charge in [0.05, 0.1) is 6.61 Å². The zero-order valence-electron chi connectivity index (χ0n) is 15.9. The van der Waals surface area contributed by atoms with E-state index in [2.05, 4.69) is 5.32 Å². The van der Waals surface area contributed by atoms with Crippen LogP contribution in [0.3, 0.4) is 0 Å². The van der Waals surface area contributed by atoms with E-state index in [1.165, 1.54) is 12.1 Å². The molecular formula is C20H29FN2O3. The molecule has 1 aromatic rings. The summed E-state index contributed by atoms with van der Waals surface area (Å²) >= 11 is 0. The average Bonchev–Trinajstić information content (AvgIpc) is 2.59. The third-order valence-corrected chi connectivity index (χ3v) is 4.42. The smallest absolute Gasteiger partial charge is 0.227 e. The number of carbonyl (C=O) groups excluding carboxylic acids is 2. The molecular weight excluding hydrogens is 335 g/mol. The van der Waals surface area contributed by atoms with Crippen LogP contribution >= 0.6 is 0 Å². The lowest BCUT2D eigenvalue weighted by Crippen LogP contribution is -2.49. The lowest BCUT2D eigenvalue weighted by atomic mass is 9.93. The molecule has 0 aliphatic carbocycles. The Morgan fingerprint density at radius 3 is 2.38 bits per heavy atom. The summed E-state index contributed by atoms with van der Waals surface area (Å²) in [5, 5.41) is 3.04. The first kappa shape index (κ1) is 20.2. The molecule has 1 aromatic carbocycles. The van der Waals surface area contributed by atoms with Gasteiger partial charge in [0.25, 0.3) is 0 Å². The number of rotatable bonds is 6. The molecule has 0 saturated carbocycles. The van der Waals surface area contributed by atoms with Crippen LogP contribution in [-0.2, 0) is 9.59 Å². The van der Waals surface area contributed by atoms with Crippen LogP contribution in [0.15, 0.2) is 24.3 Å². The number of hydrogen-bond acceptors (Lipinski definition) is 3. The van der Waals surface area contributed by atoms with Crippen LogP contribution in [0.25, 0.3) is 0 Å². The second kappa shape index (κ2) is 9.01. The van der Waals surface area contributed by atoms with E-state index in [1.54, 1.807) is 12.1 Å². The van der Waals surface area contributed by atoms with Gasteiger partial charge < -0.3 is 15.0 Å². The maximum Gasteiger partial charge on any atom is 0.227 e. The molecule has 6 heteroatoms. The van der Waals surface area contributed by atoms with E-state index in [9.17, 15) is 14.0 Å². The monoisotopic (exact) mass is 364 g/mol. The summed E-state index contributed by atoms with van der Waals surface area (Å²) in [7, 11) is 0. The predicted octanol–water partition coefficient (Wildman–Crippen LogP) is 3.14. The number of nitrogens with zero attached hydrogens (tertiary/aromatic N) is 1. The van der Waals surface area contributed by atoms with Crippen LogP contribution in [0, 0.1) is 11.2 Å². The van der Waals surface area contributed by atoms with Gasteiger partial charge in [0.2, 0.25) is 11.8 Å². The summed E-state index contributed by atoms with van der Waals surface area (Å²) in [6.07, 6.45) is 2.58. The molecule has 0 bridgehead atoms. The Bertz CT molecular complexity index is 602. The Morgan fingerprint density at radius 1 is 1.19 bits per heavy atom. The summed E-state index contributed by atoms with van der Waals surface area (Å²) in [6.45, 7) is 7.58. The molecule has 0 spiro atoms. The van der Waals surface area contributed by atoms with Gasteiger partial charge in [-0.15, -0.1) is 0 Å². The summed E-state index contributed by atoms with van der Waals surface area (Å²) in [5.41, 5.74) is -0.361. The lowest BCUT2D eigenvalue weighted by Gasteiger charge is -2.36. The highest BCUT2D eigenvalue weighted by Gasteiger charge is 2.30. The van der Waals surface area contributed by atoms with Gasteiger partial charge in [-0.3, -0.25) is 9.59 Å². The minimum Gasteiger partial charge on any atom is -0.494 e. The second-order valence-electron chi connectivity index (χ2n) is 7.79. The van der Waals surface area contributed by atoms with Crippen molar-refractivity contribution in [3.05, 3.63) is 30.1 Å². The Labute approximate surface area is 154 Å². The van der Waals surface area contributed by atoms with Gasteiger partial charge in [0.1, 0.15) is 11.6 Å². The van der Waals surface area contributed by atoms with Crippen molar-refractivity contribution in [1.82, 2.24) is 10.2 Å². The molecule has 0 aromatic heterocycles. The van der Waals surface area contributed by atoms with E-state index in [0.29, 0.717) is 38.3 Å². The van der Waals surface area contributed by atoms with Gasteiger partial charge in [-0.2, -0.15) is 0 Å². The number of benzene rings is 1. The minimum atomic E-state index is -0.361. The highest BCUT2D eigenvalue weighted by molar-refractivity contribution is 5.81. The van der Waals surface area contributed by atoms with Gasteiger partial charge in [-0.1, -0.05) is 20.8 Å². The summed E-state index contributed by atoms with van der Waals surface area (Å²) in [6, 6.07) is 5.96. The molecule has 144 valence electrons. The van der Waals surface area contributed by atoms with E-state index in [-0.39, 0.29) is 29.1 Å². The molecule has 0 atom stereocenters. The molecule has 0 radical (unpaired) electrons. The normalized spacial score (nSPS) is 15.6. The van der Waals surface area contributed by atoms with Crippen LogP contribution in [0.1, 0.15) is 46.5 Å². The Hall–Kier alpha value is -2.11. The van der Waals surface area contributed by atoms with E-state index in [4.69, 9.17) is 4.74 Å². The van der Waals surface area contributed by atoms with E-state index in [1.807, 2.05) is 25.7 Å². The van der Waals surface area contributed by atoms with Crippen molar-refractivity contribution in [2.75, 3.05) is 19.7 Å². The van der Waals surface area contributed by atoms with E-state index in [0.717, 1.165) is 12.8 Å². The second-order valence-corrected chi connectivity index (χ2v) is 7.79. The van der Waals surface area contributed by atoms with Crippen LogP contribution in [0.4, 0.5) is 4.39 Å². The quantitative estimate of drug-likeness (QED) is 0.789. The molecule has 26 heavy (non-hydrogen) atoms. The van der Waals surface area contributed by atoms with Crippen molar-refractivity contribution in [1.29, 1.82) is 0 Å². The van der Waals surface area contributed by atoms with Crippen molar-refractivity contribution >= 4 is 11.8 Å². The van der Waals surface area contributed by atoms with Crippen molar-refractivity contribution in [3.63, 3.8) is 0 Å². The standard InChI is InChI=1S/C20H29FN2O3/c1-20(2,3)19(25)23-12-10-16(11-13-23)22-18(24)5-4-14-26-17-8-6-15(21)7-9-17/h6-9,16H,4-5,10-14H2,1-3H3,(H,22,24). The zero-order valence-corrected chi connectivity index (χ0v) is 15.9. The SMILES string of the molecule is CC(C)(C)C(=O)N1CCC(NC(=O)CCCOc2ccc(F)cc2)CC1. The maximum absolute atomic E-state index is 12.8. The van der Waals surface area contributed by atoms with Gasteiger partial charge in [0, 0.05) is 31.0 Å². The first-order valence-corrected chi connectivity index (χ1v) is 9.23. The molecule has 0 unspecified atom stereocenters. The third kappa shape index (κ3) is 6.32. The predicted molar refractivity (Wildman–Crippen MR) is 98.3 cm³/mol. The molecule has 1 heterocycles. The fourth-order valence-electron chi connectivity index (χ4n) is 2.95. The van der Waals surface area contributed by atoms with Crippen LogP contribution in [0.2, 0.25) is 0 Å². The molecule has 5 nitrogen and oxygen atoms in total. The average molecular weight is 364 g/mol. The maximum atomic E-state index is 12.8. The highest BCUT2D eigenvalue weighted by Crippen LogP contribution is 2.21. The number of hydrogen-bond donors (Lipinski definition) is 1. The number of halogens is 1. The van der Waals surface area contributed by atoms with Crippen LogP contribution in [-0.4, -0.2) is 42.5 Å². The Kier molecular flexibility index (Phi) is 7.00. The summed E-state index contributed by atoms with van der Waals surface area (Å²) < 4.78 is 18.3. The fourth-order valence-corrected chi connectivity index (χ4v) is 2.95. The minimum absolute atomic E-state index is 0.00769. The number of amides is 2. The van der Waals surface area contributed by atoms with Gasteiger partial charge in [-0.05, 0) is 43.5 Å². The fraction of sp³-hybridized carbons (Fsp3) is 0.600. The highest BCUT2D eigenvalue weighted by atomic mass is 19.1. The summed E-state index contributed by atoms with van der Waals surface area (Å²) in [4.78, 5) is 26.2. The topological polar surface area (TPSA) is 58.6 Å². The number of likely N-dealkylation sites (tertiary alicyclic amines) is 1. The number of nitrogens with one attached hydrogen (secondary N) is 1. The summed E-state index contributed by atoms with van der Waals surface area (Å²) in [5.74, 6) is 0.475. The number of carbonyl (C=O) groups is 2. The van der Waals surface area contributed by atoms with Crippen LogP contribution < -0.4 is 10.1 Å². The number of ether oxygens (including phenoxy) is 1. The van der Waals surface area contributed by atoms with Gasteiger partial charge in [-0.25, -0.2) is 4.39 Å². The van der Waals surface area contributed by atoms with Crippen molar-refractivity contribution in [3.8, 4) is 5.75 Å². The molecule has 1 saturated heterocycles. The van der Waals surface area contributed by atoms with Gasteiger partial charge >= 0.3 is 0 Å². The molecule has 1 N–H and O–H groups in total. The van der Waals surface area contributed by atoms with Crippen LogP contribution in [0.5, 0.6) is 5.75 Å². The van der Waals surface area contributed by atoms with Crippen molar-refractivity contribution in [2.45, 2.75) is 52.5 Å². The molecule has 1 aliphatic rings. The first-order chi connectivity index (χ1) is 12.3. The third-order valence-electron chi connectivity index (χ3n) is 4.42. The Morgan fingerprint density at radius 2 is 1.81 bits per heavy atom. The van der Waals surface area contributed by atoms with Crippen molar-refractivity contribution < 1.29 is 18.7 Å². The largest absolute Gasteiger partial charge is 0.494 e. The van der Waals surface area contributed by atoms with E-state index < -0.39 is 0 Å². The van der Waals surface area contributed by atoms with E-state index >= 15 is 0 Å². The molecule has 1 fully saturated rings. The Balaban J connectivity index is 1.62. The molecule has 1 aliphatic heterocycles. The lowest BCUT2D eigenvalue weighted by molar-refractivity contribution is -0.140. The molecule has 2 amide bonds. The first-order valence-electron chi connectivity index (χ1n) is 9.23. The molecule has 2 rings (SSSR count).